The zero-order valence-electron chi connectivity index (χ0n) is 16.0. The number of nitrogens with zero attached hydrogens (tertiary/aromatic N) is 2. The molecule has 2 aromatic carbocycles. The second-order valence-electron chi connectivity index (χ2n) is 5.78. The minimum atomic E-state index is -0.485. The van der Waals surface area contributed by atoms with Gasteiger partial charge in [-0.15, -0.1) is 0 Å². The number of hydrogen-bond acceptors (Lipinski definition) is 6. The van der Waals surface area contributed by atoms with Crippen LogP contribution in [0.4, 0.5) is 5.69 Å². The molecule has 142 valence electrons. The van der Waals surface area contributed by atoms with Crippen molar-refractivity contribution in [2.45, 2.75) is 13.5 Å². The van der Waals surface area contributed by atoms with Gasteiger partial charge in [-0.3, -0.25) is 0 Å². The number of anilines is 1. The van der Waals surface area contributed by atoms with Gasteiger partial charge in [0, 0.05) is 18.3 Å². The van der Waals surface area contributed by atoms with Crippen molar-refractivity contribution in [3.05, 3.63) is 77.7 Å². The average Bonchev–Trinajstić information content (AvgIpc) is 2.71. The van der Waals surface area contributed by atoms with E-state index in [0.717, 1.165) is 22.5 Å². The topological polar surface area (TPSA) is 60.4 Å². The van der Waals surface area contributed by atoms with Crippen molar-refractivity contribution in [1.29, 1.82) is 0 Å². The van der Waals surface area contributed by atoms with Crippen LogP contribution in [0.5, 0.6) is 0 Å². The van der Waals surface area contributed by atoms with Gasteiger partial charge in [-0.05, 0) is 24.6 Å². The van der Waals surface area contributed by atoms with Gasteiger partial charge in [0.25, 0.3) is 0 Å². The highest BCUT2D eigenvalue weighted by atomic mass is 16.6. The molecule has 27 heavy (non-hydrogen) atoms. The average molecular weight is 368 g/mol. The standard InChI is InChI=1S/C21H24N2O4/c1-16(22-27-14-17-9-6-5-7-10-17)18-11-8-12-19(13-18)23(2)20(15-25-3)21(24)26-4/h5-13,15H,14H2,1-4H3. The Balaban J connectivity index is 2.14. The van der Waals surface area contributed by atoms with Crippen molar-refractivity contribution in [2.24, 2.45) is 5.16 Å². The molecule has 0 aliphatic carbocycles. The number of rotatable bonds is 8. The van der Waals surface area contributed by atoms with Crippen LogP contribution >= 0.6 is 0 Å². The minimum absolute atomic E-state index is 0.284. The monoisotopic (exact) mass is 368 g/mol. The fraction of sp³-hybridized carbons (Fsp3) is 0.238. The Labute approximate surface area is 159 Å². The Morgan fingerprint density at radius 2 is 1.85 bits per heavy atom. The molecule has 0 amide bonds. The molecule has 0 radical (unpaired) electrons. The van der Waals surface area contributed by atoms with Gasteiger partial charge in [-0.25, -0.2) is 4.79 Å². The third-order valence-corrected chi connectivity index (χ3v) is 3.91. The number of hydrogen-bond donors (Lipinski definition) is 0. The van der Waals surface area contributed by atoms with Gasteiger partial charge in [0.1, 0.15) is 12.9 Å². The first kappa shape index (κ1) is 20.0. The summed E-state index contributed by atoms with van der Waals surface area (Å²) < 4.78 is 9.80. The van der Waals surface area contributed by atoms with Crippen molar-refractivity contribution < 1.29 is 19.1 Å². The number of methoxy groups -OCH3 is 2. The molecule has 0 fully saturated rings. The van der Waals surface area contributed by atoms with Crippen LogP contribution in [0.1, 0.15) is 18.1 Å². The summed E-state index contributed by atoms with van der Waals surface area (Å²) in [4.78, 5) is 19.1. The van der Waals surface area contributed by atoms with Crippen LogP contribution in [-0.2, 0) is 25.7 Å². The molecule has 0 aliphatic rings. The number of carbonyl (C=O) groups excluding carboxylic acids is 1. The van der Waals surface area contributed by atoms with E-state index in [-0.39, 0.29) is 5.70 Å². The summed E-state index contributed by atoms with van der Waals surface area (Å²) >= 11 is 0. The van der Waals surface area contributed by atoms with Gasteiger partial charge < -0.3 is 19.2 Å². The number of carbonyl (C=O) groups is 1. The van der Waals surface area contributed by atoms with Crippen LogP contribution in [0.2, 0.25) is 0 Å². The molecule has 0 spiro atoms. The third kappa shape index (κ3) is 5.60. The molecular formula is C21H24N2O4. The summed E-state index contributed by atoms with van der Waals surface area (Å²) in [5.41, 5.74) is 3.74. The summed E-state index contributed by atoms with van der Waals surface area (Å²) in [5, 5.41) is 4.19. The van der Waals surface area contributed by atoms with Crippen molar-refractivity contribution in [1.82, 2.24) is 0 Å². The molecule has 0 bridgehead atoms. The summed E-state index contributed by atoms with van der Waals surface area (Å²) in [5.74, 6) is -0.485. The Bertz CT molecular complexity index is 816. The van der Waals surface area contributed by atoms with Crippen LogP contribution in [-0.4, -0.2) is 32.9 Å². The highest BCUT2D eigenvalue weighted by molar-refractivity contribution is 5.99. The summed E-state index contributed by atoms with van der Waals surface area (Å²) in [7, 11) is 4.57. The second kappa shape index (κ2) is 10.0. The van der Waals surface area contributed by atoms with E-state index in [4.69, 9.17) is 14.3 Å². The zero-order chi connectivity index (χ0) is 19.6. The zero-order valence-corrected chi connectivity index (χ0v) is 16.0. The molecule has 2 aromatic rings. The van der Waals surface area contributed by atoms with E-state index in [1.165, 1.54) is 20.5 Å². The Kier molecular flexibility index (Phi) is 7.43. The van der Waals surface area contributed by atoms with Crippen LogP contribution in [0, 0.1) is 0 Å². The molecule has 0 aromatic heterocycles. The normalized spacial score (nSPS) is 11.7. The molecule has 0 heterocycles. The van der Waals surface area contributed by atoms with Gasteiger partial charge in [-0.2, -0.15) is 0 Å². The largest absolute Gasteiger partial charge is 0.502 e. The molecule has 0 aliphatic heterocycles. The number of likely N-dealkylation sites (N-methyl/N-ethyl adjacent to an activating group) is 1. The Morgan fingerprint density at radius 1 is 1.11 bits per heavy atom. The lowest BCUT2D eigenvalue weighted by molar-refractivity contribution is -0.136. The lowest BCUT2D eigenvalue weighted by Gasteiger charge is -2.21. The molecule has 2 rings (SSSR count). The van der Waals surface area contributed by atoms with Crippen LogP contribution in [0.15, 0.2) is 71.7 Å². The quantitative estimate of drug-likeness (QED) is 0.234. The van der Waals surface area contributed by atoms with E-state index < -0.39 is 5.97 Å². The molecule has 0 N–H and O–H groups in total. The van der Waals surface area contributed by atoms with E-state index in [1.54, 1.807) is 11.9 Å². The number of ether oxygens (including phenoxy) is 2. The highest BCUT2D eigenvalue weighted by Crippen LogP contribution is 2.20. The lowest BCUT2D eigenvalue weighted by Crippen LogP contribution is -2.24. The van der Waals surface area contributed by atoms with Gasteiger partial charge in [0.05, 0.1) is 19.9 Å². The molecular weight excluding hydrogens is 344 g/mol. The predicted molar refractivity (Wildman–Crippen MR) is 105 cm³/mol. The maximum absolute atomic E-state index is 12.0. The molecule has 0 saturated carbocycles. The van der Waals surface area contributed by atoms with E-state index >= 15 is 0 Å². The van der Waals surface area contributed by atoms with Gasteiger partial charge in [-0.1, -0.05) is 47.6 Å². The van der Waals surface area contributed by atoms with E-state index in [1.807, 2.05) is 61.5 Å². The molecule has 0 saturated heterocycles. The Morgan fingerprint density at radius 3 is 2.52 bits per heavy atom. The van der Waals surface area contributed by atoms with Crippen molar-refractivity contribution in [2.75, 3.05) is 26.2 Å². The number of esters is 1. The third-order valence-electron chi connectivity index (χ3n) is 3.91. The van der Waals surface area contributed by atoms with Gasteiger partial charge >= 0.3 is 5.97 Å². The molecule has 6 nitrogen and oxygen atoms in total. The van der Waals surface area contributed by atoms with Crippen LogP contribution in [0.3, 0.4) is 0 Å². The smallest absolute Gasteiger partial charge is 0.357 e. The predicted octanol–water partition coefficient (Wildman–Crippen LogP) is 3.72. The maximum atomic E-state index is 12.0. The fourth-order valence-electron chi connectivity index (χ4n) is 2.39. The summed E-state index contributed by atoms with van der Waals surface area (Å²) in [6, 6.07) is 17.5. The van der Waals surface area contributed by atoms with Crippen LogP contribution in [0.25, 0.3) is 0 Å². The van der Waals surface area contributed by atoms with Gasteiger partial charge in [0.2, 0.25) is 0 Å². The summed E-state index contributed by atoms with van der Waals surface area (Å²) in [6.07, 6.45) is 1.35. The van der Waals surface area contributed by atoms with Crippen molar-refractivity contribution in [3.63, 3.8) is 0 Å². The minimum Gasteiger partial charge on any atom is -0.502 e. The molecule has 0 atom stereocenters. The van der Waals surface area contributed by atoms with Crippen molar-refractivity contribution in [3.8, 4) is 0 Å². The second-order valence-corrected chi connectivity index (χ2v) is 5.78. The number of oxime groups is 1. The first-order valence-electron chi connectivity index (χ1n) is 8.42. The maximum Gasteiger partial charge on any atom is 0.357 e. The van der Waals surface area contributed by atoms with Crippen molar-refractivity contribution >= 4 is 17.4 Å². The lowest BCUT2D eigenvalue weighted by atomic mass is 10.1. The summed E-state index contributed by atoms with van der Waals surface area (Å²) in [6.45, 7) is 2.27. The fourth-order valence-corrected chi connectivity index (χ4v) is 2.39. The SMILES string of the molecule is COC=C(C(=O)OC)N(C)c1cccc(C(C)=NOCc2ccccc2)c1. The van der Waals surface area contributed by atoms with Gasteiger partial charge in [0.15, 0.2) is 5.70 Å². The first-order valence-corrected chi connectivity index (χ1v) is 8.42. The number of benzene rings is 2. The van der Waals surface area contributed by atoms with Crippen LogP contribution < -0.4 is 4.90 Å². The molecule has 0 unspecified atom stereocenters. The van der Waals surface area contributed by atoms with E-state index in [2.05, 4.69) is 5.16 Å². The van der Waals surface area contributed by atoms with E-state index in [9.17, 15) is 4.79 Å². The Hall–Kier alpha value is -3.28. The van der Waals surface area contributed by atoms with E-state index in [0.29, 0.717) is 6.61 Å². The highest BCUT2D eigenvalue weighted by Gasteiger charge is 2.17. The first-order chi connectivity index (χ1) is 13.1. The molecule has 6 heteroatoms.